The summed E-state index contributed by atoms with van der Waals surface area (Å²) in [7, 11) is 0. The second kappa shape index (κ2) is 6.95. The quantitative estimate of drug-likeness (QED) is 0.787. The summed E-state index contributed by atoms with van der Waals surface area (Å²) in [6.07, 6.45) is 2.31. The third kappa shape index (κ3) is 4.27. The minimum atomic E-state index is -1.28. The Morgan fingerprint density at radius 1 is 1.25 bits per heavy atom. The summed E-state index contributed by atoms with van der Waals surface area (Å²) in [5.74, 6) is -3.23. The van der Waals surface area contributed by atoms with E-state index in [1.807, 2.05) is 6.92 Å². The van der Waals surface area contributed by atoms with E-state index in [1.165, 1.54) is 6.07 Å². The van der Waals surface area contributed by atoms with Gasteiger partial charge in [-0.05, 0) is 12.5 Å². The second-order valence-corrected chi connectivity index (χ2v) is 4.62. The molecule has 8 heteroatoms. The summed E-state index contributed by atoms with van der Waals surface area (Å²) in [4.78, 5) is 34.4. The largest absolute Gasteiger partial charge is 0.480 e. The van der Waals surface area contributed by atoms with Crippen molar-refractivity contribution in [2.45, 2.75) is 19.9 Å². The molecule has 7 nitrogen and oxygen atoms in total. The van der Waals surface area contributed by atoms with Crippen molar-refractivity contribution in [1.29, 1.82) is 0 Å². The molecular formula is C12H15ClN2O5. The molecule has 0 saturated heterocycles. The van der Waals surface area contributed by atoms with Crippen LogP contribution in [-0.2, 0) is 16.1 Å². The van der Waals surface area contributed by atoms with Crippen LogP contribution in [0.25, 0.3) is 0 Å². The lowest BCUT2D eigenvalue weighted by molar-refractivity contribution is -0.140. The number of carboxylic acid groups (broad SMARTS) is 2. The molecule has 0 atom stereocenters. The van der Waals surface area contributed by atoms with Crippen molar-refractivity contribution in [3.05, 3.63) is 23.0 Å². The Morgan fingerprint density at radius 3 is 2.25 bits per heavy atom. The number of carbonyl (C=O) groups excluding carboxylic acids is 1. The Bertz CT molecular complexity index is 510. The molecule has 0 spiro atoms. The maximum absolute atomic E-state index is 12.2. The lowest BCUT2D eigenvalue weighted by atomic mass is 10.3. The molecule has 1 aromatic rings. The SMILES string of the molecule is CCCn1cc(Cl)cc1C(=O)N(CC(=O)O)CC(=O)O. The predicted octanol–water partition coefficient (Wildman–Crippen LogP) is 1.16. The number of amides is 1. The molecule has 0 aliphatic rings. The highest BCUT2D eigenvalue weighted by Crippen LogP contribution is 2.16. The van der Waals surface area contributed by atoms with Crippen LogP contribution in [0.5, 0.6) is 0 Å². The van der Waals surface area contributed by atoms with Gasteiger partial charge in [0.15, 0.2) is 0 Å². The van der Waals surface area contributed by atoms with E-state index in [4.69, 9.17) is 21.8 Å². The average Bonchev–Trinajstić information content (AvgIpc) is 2.68. The van der Waals surface area contributed by atoms with Gasteiger partial charge in [0.2, 0.25) is 0 Å². The molecule has 0 aromatic carbocycles. The fraction of sp³-hybridized carbons (Fsp3) is 0.417. The summed E-state index contributed by atoms with van der Waals surface area (Å²) in [5, 5.41) is 17.8. The molecule has 1 heterocycles. The van der Waals surface area contributed by atoms with E-state index in [-0.39, 0.29) is 5.69 Å². The third-order valence-corrected chi connectivity index (χ3v) is 2.69. The van der Waals surface area contributed by atoms with Crippen LogP contribution in [0.1, 0.15) is 23.8 Å². The van der Waals surface area contributed by atoms with Gasteiger partial charge in [-0.1, -0.05) is 18.5 Å². The Kier molecular flexibility index (Phi) is 5.57. The highest BCUT2D eigenvalue weighted by Gasteiger charge is 2.24. The number of hydrogen-bond acceptors (Lipinski definition) is 3. The van der Waals surface area contributed by atoms with E-state index in [0.29, 0.717) is 11.6 Å². The number of rotatable bonds is 7. The number of aliphatic carboxylic acids is 2. The molecule has 1 aromatic heterocycles. The first-order chi connectivity index (χ1) is 9.35. The zero-order valence-corrected chi connectivity index (χ0v) is 11.6. The van der Waals surface area contributed by atoms with Crippen molar-refractivity contribution in [3.63, 3.8) is 0 Å². The summed E-state index contributed by atoms with van der Waals surface area (Å²) >= 11 is 5.84. The molecule has 110 valence electrons. The number of halogens is 1. The molecule has 0 aliphatic heterocycles. The molecule has 0 unspecified atom stereocenters. The van der Waals surface area contributed by atoms with E-state index in [9.17, 15) is 14.4 Å². The van der Waals surface area contributed by atoms with Crippen LogP contribution in [0.4, 0.5) is 0 Å². The van der Waals surface area contributed by atoms with Crippen LogP contribution in [0.15, 0.2) is 12.3 Å². The molecule has 0 bridgehead atoms. The van der Waals surface area contributed by atoms with Crippen molar-refractivity contribution in [1.82, 2.24) is 9.47 Å². The number of aryl methyl sites for hydroxylation is 1. The topological polar surface area (TPSA) is 99.8 Å². The molecule has 0 fully saturated rings. The van der Waals surface area contributed by atoms with Gasteiger partial charge < -0.3 is 19.7 Å². The summed E-state index contributed by atoms with van der Waals surface area (Å²) < 4.78 is 1.58. The molecule has 0 saturated carbocycles. The maximum atomic E-state index is 12.2. The zero-order chi connectivity index (χ0) is 15.3. The number of aromatic nitrogens is 1. The van der Waals surface area contributed by atoms with Crippen LogP contribution in [-0.4, -0.2) is 50.6 Å². The smallest absolute Gasteiger partial charge is 0.323 e. The number of carbonyl (C=O) groups is 3. The van der Waals surface area contributed by atoms with Crippen molar-refractivity contribution >= 4 is 29.4 Å². The highest BCUT2D eigenvalue weighted by atomic mass is 35.5. The molecular weight excluding hydrogens is 288 g/mol. The molecule has 2 N–H and O–H groups in total. The standard InChI is InChI=1S/C12H15ClN2O5/c1-2-3-14-5-8(13)4-9(14)12(20)15(6-10(16)17)7-11(18)19/h4-5H,2-3,6-7H2,1H3,(H,16,17)(H,18,19). The van der Waals surface area contributed by atoms with Crippen molar-refractivity contribution in [2.75, 3.05) is 13.1 Å². The first-order valence-electron chi connectivity index (χ1n) is 5.93. The fourth-order valence-corrected chi connectivity index (χ4v) is 1.99. The third-order valence-electron chi connectivity index (χ3n) is 2.49. The van der Waals surface area contributed by atoms with Gasteiger partial charge in [0.1, 0.15) is 18.8 Å². The van der Waals surface area contributed by atoms with Crippen LogP contribution >= 0.6 is 11.6 Å². The fourth-order valence-electron chi connectivity index (χ4n) is 1.77. The Balaban J connectivity index is 3.04. The van der Waals surface area contributed by atoms with E-state index in [2.05, 4.69) is 0 Å². The van der Waals surface area contributed by atoms with Crippen molar-refractivity contribution < 1.29 is 24.6 Å². The Labute approximate surface area is 120 Å². The average molecular weight is 303 g/mol. The first-order valence-corrected chi connectivity index (χ1v) is 6.31. The predicted molar refractivity (Wildman–Crippen MR) is 70.9 cm³/mol. The van der Waals surface area contributed by atoms with Gasteiger partial charge in [0.25, 0.3) is 5.91 Å². The van der Waals surface area contributed by atoms with Crippen LogP contribution in [0.3, 0.4) is 0 Å². The van der Waals surface area contributed by atoms with Crippen molar-refractivity contribution in [2.24, 2.45) is 0 Å². The van der Waals surface area contributed by atoms with Gasteiger partial charge in [-0.3, -0.25) is 14.4 Å². The highest BCUT2D eigenvalue weighted by molar-refractivity contribution is 6.31. The van der Waals surface area contributed by atoms with Crippen LogP contribution in [0.2, 0.25) is 5.02 Å². The van der Waals surface area contributed by atoms with Gasteiger partial charge in [-0.2, -0.15) is 0 Å². The van der Waals surface area contributed by atoms with E-state index < -0.39 is 30.9 Å². The number of nitrogens with zero attached hydrogens (tertiary/aromatic N) is 2. The van der Waals surface area contributed by atoms with Crippen molar-refractivity contribution in [3.8, 4) is 0 Å². The lowest BCUT2D eigenvalue weighted by Gasteiger charge is -2.19. The van der Waals surface area contributed by atoms with Gasteiger partial charge in [0, 0.05) is 12.7 Å². The van der Waals surface area contributed by atoms with E-state index in [0.717, 1.165) is 11.3 Å². The van der Waals surface area contributed by atoms with Crippen LogP contribution < -0.4 is 0 Å². The normalized spacial score (nSPS) is 10.3. The zero-order valence-electron chi connectivity index (χ0n) is 10.9. The molecule has 1 amide bonds. The minimum Gasteiger partial charge on any atom is -0.480 e. The van der Waals surface area contributed by atoms with Gasteiger partial charge in [-0.25, -0.2) is 0 Å². The maximum Gasteiger partial charge on any atom is 0.323 e. The van der Waals surface area contributed by atoms with E-state index in [1.54, 1.807) is 10.8 Å². The minimum absolute atomic E-state index is 0.180. The summed E-state index contributed by atoms with van der Waals surface area (Å²) in [5.41, 5.74) is 0.180. The van der Waals surface area contributed by atoms with Gasteiger partial charge >= 0.3 is 11.9 Å². The number of hydrogen-bond donors (Lipinski definition) is 2. The van der Waals surface area contributed by atoms with Crippen LogP contribution in [0, 0.1) is 0 Å². The summed E-state index contributed by atoms with van der Waals surface area (Å²) in [6.45, 7) is 1.08. The molecule has 20 heavy (non-hydrogen) atoms. The Morgan fingerprint density at radius 2 is 1.80 bits per heavy atom. The number of carboxylic acids is 2. The Hall–Kier alpha value is -2.02. The monoisotopic (exact) mass is 302 g/mol. The molecule has 0 radical (unpaired) electrons. The first kappa shape index (κ1) is 16.0. The second-order valence-electron chi connectivity index (χ2n) is 4.19. The van der Waals surface area contributed by atoms with E-state index >= 15 is 0 Å². The summed E-state index contributed by atoms with van der Waals surface area (Å²) in [6, 6.07) is 1.40. The van der Waals surface area contributed by atoms with Gasteiger partial charge in [0.05, 0.1) is 5.02 Å². The molecule has 0 aliphatic carbocycles. The van der Waals surface area contributed by atoms with Gasteiger partial charge in [-0.15, -0.1) is 0 Å². The molecule has 1 rings (SSSR count). The lowest BCUT2D eigenvalue weighted by Crippen LogP contribution is -2.40.